The summed E-state index contributed by atoms with van der Waals surface area (Å²) in [5.41, 5.74) is 0.799. The van der Waals surface area contributed by atoms with Crippen molar-refractivity contribution >= 4 is 0 Å². The predicted molar refractivity (Wildman–Crippen MR) is 54.7 cm³/mol. The summed E-state index contributed by atoms with van der Waals surface area (Å²) in [7, 11) is 0. The molecule has 2 aliphatic rings. The molecule has 1 aliphatic heterocycles. The maximum absolute atomic E-state index is 5.93. The molecule has 1 nitrogen and oxygen atoms in total. The lowest BCUT2D eigenvalue weighted by molar-refractivity contribution is 0.00239. The molecule has 1 aliphatic carbocycles. The highest BCUT2D eigenvalue weighted by atomic mass is 16.5. The maximum atomic E-state index is 5.93. The van der Waals surface area contributed by atoms with E-state index in [1.54, 1.807) is 0 Å². The van der Waals surface area contributed by atoms with Gasteiger partial charge in [-0.1, -0.05) is 20.8 Å². The zero-order valence-electron chi connectivity index (χ0n) is 9.23. The Morgan fingerprint density at radius 3 is 2.46 bits per heavy atom. The van der Waals surface area contributed by atoms with Crippen molar-refractivity contribution in [3.05, 3.63) is 0 Å². The van der Waals surface area contributed by atoms with Crippen molar-refractivity contribution in [3.8, 4) is 0 Å². The third-order valence-corrected chi connectivity index (χ3v) is 3.98. The van der Waals surface area contributed by atoms with Gasteiger partial charge in [0.2, 0.25) is 0 Å². The van der Waals surface area contributed by atoms with Crippen LogP contribution in [0.2, 0.25) is 0 Å². The molecule has 0 unspecified atom stereocenters. The summed E-state index contributed by atoms with van der Waals surface area (Å²) in [6, 6.07) is 0. The summed E-state index contributed by atoms with van der Waals surface area (Å²) in [4.78, 5) is 0. The lowest BCUT2D eigenvalue weighted by Crippen LogP contribution is -2.26. The minimum atomic E-state index is 0.317. The van der Waals surface area contributed by atoms with Gasteiger partial charge in [-0.2, -0.15) is 0 Å². The van der Waals surface area contributed by atoms with E-state index >= 15 is 0 Å². The standard InChI is InChI=1S/C12H22O/c1-11(2,3)10-5-7-12(9-10)6-4-8-13-12/h10H,4-9H2,1-3H3/t10-,12-/m1/s1. The van der Waals surface area contributed by atoms with Gasteiger partial charge in [0.05, 0.1) is 5.60 Å². The molecule has 2 rings (SSSR count). The molecule has 76 valence electrons. The zero-order chi connectivity index (χ0) is 9.53. The van der Waals surface area contributed by atoms with Gasteiger partial charge in [-0.25, -0.2) is 0 Å². The molecule has 0 N–H and O–H groups in total. The van der Waals surface area contributed by atoms with Crippen LogP contribution in [0.1, 0.15) is 52.9 Å². The summed E-state index contributed by atoms with van der Waals surface area (Å²) < 4.78 is 5.93. The SMILES string of the molecule is CC(C)(C)[C@@H]1CC[C@]2(CCCO2)C1. The van der Waals surface area contributed by atoms with Crippen LogP contribution >= 0.6 is 0 Å². The molecule has 1 heteroatoms. The van der Waals surface area contributed by atoms with E-state index in [1.807, 2.05) is 0 Å². The van der Waals surface area contributed by atoms with Gasteiger partial charge >= 0.3 is 0 Å². The van der Waals surface area contributed by atoms with Crippen LogP contribution in [-0.2, 0) is 4.74 Å². The highest BCUT2D eigenvalue weighted by Gasteiger charge is 2.45. The van der Waals surface area contributed by atoms with Crippen molar-refractivity contribution in [2.24, 2.45) is 11.3 Å². The van der Waals surface area contributed by atoms with E-state index < -0.39 is 0 Å². The van der Waals surface area contributed by atoms with E-state index in [9.17, 15) is 0 Å². The van der Waals surface area contributed by atoms with E-state index in [4.69, 9.17) is 4.74 Å². The van der Waals surface area contributed by atoms with Gasteiger partial charge in [0, 0.05) is 6.61 Å². The second-order valence-corrected chi connectivity index (χ2v) is 5.94. The Kier molecular flexibility index (Phi) is 2.18. The Morgan fingerprint density at radius 2 is 2.00 bits per heavy atom. The molecule has 0 aromatic carbocycles. The molecule has 1 heterocycles. The van der Waals surface area contributed by atoms with Gasteiger partial charge in [0.25, 0.3) is 0 Å². The lowest BCUT2D eigenvalue weighted by atomic mass is 9.79. The van der Waals surface area contributed by atoms with Crippen LogP contribution in [-0.4, -0.2) is 12.2 Å². The fourth-order valence-corrected chi connectivity index (χ4v) is 2.94. The molecule has 13 heavy (non-hydrogen) atoms. The van der Waals surface area contributed by atoms with Gasteiger partial charge < -0.3 is 4.74 Å². The third-order valence-electron chi connectivity index (χ3n) is 3.98. The summed E-state index contributed by atoms with van der Waals surface area (Å²) in [5, 5.41) is 0. The molecule has 0 aromatic heterocycles. The van der Waals surface area contributed by atoms with E-state index in [0.717, 1.165) is 12.5 Å². The van der Waals surface area contributed by atoms with Crippen molar-refractivity contribution in [2.75, 3.05) is 6.61 Å². The van der Waals surface area contributed by atoms with E-state index in [0.29, 0.717) is 11.0 Å². The van der Waals surface area contributed by atoms with E-state index in [2.05, 4.69) is 20.8 Å². The molecule has 2 fully saturated rings. The Labute approximate surface area is 81.9 Å². The zero-order valence-corrected chi connectivity index (χ0v) is 9.23. The number of hydrogen-bond acceptors (Lipinski definition) is 1. The van der Waals surface area contributed by atoms with E-state index in [1.165, 1.54) is 32.1 Å². The van der Waals surface area contributed by atoms with Gasteiger partial charge in [-0.15, -0.1) is 0 Å². The second-order valence-electron chi connectivity index (χ2n) is 5.94. The largest absolute Gasteiger partial charge is 0.375 e. The minimum Gasteiger partial charge on any atom is -0.375 e. The van der Waals surface area contributed by atoms with E-state index in [-0.39, 0.29) is 0 Å². The lowest BCUT2D eigenvalue weighted by Gasteiger charge is -2.29. The molecule has 1 spiro atoms. The van der Waals surface area contributed by atoms with Gasteiger partial charge in [-0.05, 0) is 43.4 Å². The highest BCUT2D eigenvalue weighted by Crippen LogP contribution is 2.49. The molecule has 0 aromatic rings. The minimum absolute atomic E-state index is 0.317. The molecule has 1 saturated carbocycles. The first-order valence-corrected chi connectivity index (χ1v) is 5.66. The van der Waals surface area contributed by atoms with Crippen LogP contribution in [0.3, 0.4) is 0 Å². The van der Waals surface area contributed by atoms with Gasteiger partial charge in [0.1, 0.15) is 0 Å². The number of rotatable bonds is 0. The molecule has 2 atom stereocenters. The first-order chi connectivity index (χ1) is 6.02. The summed E-state index contributed by atoms with van der Waals surface area (Å²) in [5.74, 6) is 0.880. The number of ether oxygens (including phenoxy) is 1. The van der Waals surface area contributed by atoms with Crippen molar-refractivity contribution in [1.82, 2.24) is 0 Å². The van der Waals surface area contributed by atoms with Crippen molar-refractivity contribution in [1.29, 1.82) is 0 Å². The average Bonchev–Trinajstić information content (AvgIpc) is 2.60. The van der Waals surface area contributed by atoms with Gasteiger partial charge in [-0.3, -0.25) is 0 Å². The fourth-order valence-electron chi connectivity index (χ4n) is 2.94. The maximum Gasteiger partial charge on any atom is 0.0686 e. The summed E-state index contributed by atoms with van der Waals surface area (Å²) in [6.07, 6.45) is 6.62. The van der Waals surface area contributed by atoms with Crippen LogP contribution in [0, 0.1) is 11.3 Å². The van der Waals surface area contributed by atoms with Crippen LogP contribution < -0.4 is 0 Å². The average molecular weight is 182 g/mol. The Balaban J connectivity index is 2.01. The monoisotopic (exact) mass is 182 g/mol. The van der Waals surface area contributed by atoms with Gasteiger partial charge in [0.15, 0.2) is 0 Å². The summed E-state index contributed by atoms with van der Waals surface area (Å²) >= 11 is 0. The molecule has 1 saturated heterocycles. The fraction of sp³-hybridized carbons (Fsp3) is 1.00. The molecule has 0 radical (unpaired) electrons. The normalized spacial score (nSPS) is 40.4. The topological polar surface area (TPSA) is 9.23 Å². The Morgan fingerprint density at radius 1 is 1.23 bits per heavy atom. The van der Waals surface area contributed by atoms with Crippen LogP contribution in [0.25, 0.3) is 0 Å². The first-order valence-electron chi connectivity index (χ1n) is 5.66. The Hall–Kier alpha value is -0.0400. The molecular formula is C12H22O. The molecular weight excluding hydrogens is 160 g/mol. The molecule has 0 bridgehead atoms. The smallest absolute Gasteiger partial charge is 0.0686 e. The quantitative estimate of drug-likeness (QED) is 0.558. The molecule has 0 amide bonds. The summed E-state index contributed by atoms with van der Waals surface area (Å²) in [6.45, 7) is 8.11. The van der Waals surface area contributed by atoms with Crippen molar-refractivity contribution in [3.63, 3.8) is 0 Å². The Bertz CT molecular complexity index is 184. The number of hydrogen-bond donors (Lipinski definition) is 0. The van der Waals surface area contributed by atoms with Crippen molar-refractivity contribution in [2.45, 2.75) is 58.5 Å². The van der Waals surface area contributed by atoms with Crippen LogP contribution in [0.5, 0.6) is 0 Å². The first kappa shape index (κ1) is 9.51. The predicted octanol–water partition coefficient (Wildman–Crippen LogP) is 3.38. The second kappa shape index (κ2) is 2.98. The highest BCUT2D eigenvalue weighted by molar-refractivity contribution is 4.96. The van der Waals surface area contributed by atoms with Crippen LogP contribution in [0.15, 0.2) is 0 Å². The van der Waals surface area contributed by atoms with Crippen LogP contribution in [0.4, 0.5) is 0 Å². The third kappa shape index (κ3) is 1.76. The van der Waals surface area contributed by atoms with Crippen molar-refractivity contribution < 1.29 is 4.74 Å².